The molecule has 5 heteroatoms. The predicted molar refractivity (Wildman–Crippen MR) is 98.5 cm³/mol. The second-order valence-corrected chi connectivity index (χ2v) is 8.98. The molecule has 1 aromatic carbocycles. The molecule has 2 saturated heterocycles. The first kappa shape index (κ1) is 19.2. The van der Waals surface area contributed by atoms with Crippen LogP contribution in [0.3, 0.4) is 0 Å². The number of hydrogen-bond donors (Lipinski definition) is 1. The van der Waals surface area contributed by atoms with Crippen LogP contribution in [0.25, 0.3) is 0 Å². The first-order valence-corrected chi connectivity index (χ1v) is 9.56. The van der Waals surface area contributed by atoms with E-state index in [0.717, 1.165) is 19.3 Å². The van der Waals surface area contributed by atoms with E-state index < -0.39 is 11.2 Å². The summed E-state index contributed by atoms with van der Waals surface area (Å²) in [4.78, 5) is 14.5. The van der Waals surface area contributed by atoms with Crippen molar-refractivity contribution in [3.8, 4) is 0 Å². The summed E-state index contributed by atoms with van der Waals surface area (Å²) in [6.45, 7) is 7.33. The number of aryl methyl sites for hydroxylation is 1. The van der Waals surface area contributed by atoms with Gasteiger partial charge in [0.25, 0.3) is 0 Å². The Kier molecular flexibility index (Phi) is 5.04. The Morgan fingerprint density at radius 3 is 2.50 bits per heavy atom. The van der Waals surface area contributed by atoms with E-state index in [0.29, 0.717) is 24.0 Å². The lowest BCUT2D eigenvalue weighted by atomic mass is 9.73. The summed E-state index contributed by atoms with van der Waals surface area (Å²) in [6, 6.07) is 5.22. The third-order valence-corrected chi connectivity index (χ3v) is 5.49. The summed E-state index contributed by atoms with van der Waals surface area (Å²) < 4.78 is 20.0. The van der Waals surface area contributed by atoms with Gasteiger partial charge in [-0.3, -0.25) is 0 Å². The van der Waals surface area contributed by atoms with Crippen molar-refractivity contribution in [2.24, 2.45) is 0 Å². The normalized spacial score (nSPS) is 28.8. The number of fused-ring (bicyclic) bond motifs is 2. The van der Waals surface area contributed by atoms with Crippen LogP contribution in [-0.2, 0) is 11.2 Å². The number of ether oxygens (including phenoxy) is 1. The molecular formula is C21H30FNO3. The first-order valence-electron chi connectivity index (χ1n) is 9.56. The van der Waals surface area contributed by atoms with Gasteiger partial charge >= 0.3 is 6.09 Å². The Hall–Kier alpha value is -1.62. The molecule has 144 valence electrons. The fourth-order valence-corrected chi connectivity index (χ4v) is 4.48. The van der Waals surface area contributed by atoms with E-state index >= 15 is 0 Å². The molecule has 1 aromatic rings. The van der Waals surface area contributed by atoms with Gasteiger partial charge in [0, 0.05) is 18.5 Å². The van der Waals surface area contributed by atoms with Crippen molar-refractivity contribution in [1.29, 1.82) is 0 Å². The van der Waals surface area contributed by atoms with Crippen LogP contribution in [0.2, 0.25) is 0 Å². The molecule has 2 heterocycles. The van der Waals surface area contributed by atoms with Gasteiger partial charge in [-0.05, 0) is 70.9 Å². The highest BCUT2D eigenvalue weighted by Crippen LogP contribution is 2.41. The Bertz CT molecular complexity index is 668. The number of carbonyl (C=O) groups is 1. The topological polar surface area (TPSA) is 49.8 Å². The minimum atomic E-state index is -0.983. The Morgan fingerprint density at radius 2 is 1.92 bits per heavy atom. The molecule has 0 radical (unpaired) electrons. The largest absolute Gasteiger partial charge is 0.444 e. The van der Waals surface area contributed by atoms with Crippen molar-refractivity contribution in [3.63, 3.8) is 0 Å². The molecule has 1 N–H and O–H groups in total. The molecule has 2 atom stereocenters. The van der Waals surface area contributed by atoms with Crippen LogP contribution in [-0.4, -0.2) is 39.4 Å². The van der Waals surface area contributed by atoms with Crippen LogP contribution in [0.1, 0.15) is 64.0 Å². The maximum Gasteiger partial charge on any atom is 0.410 e. The molecule has 26 heavy (non-hydrogen) atoms. The molecule has 0 aromatic heterocycles. The van der Waals surface area contributed by atoms with Crippen LogP contribution < -0.4 is 0 Å². The number of halogens is 1. The van der Waals surface area contributed by atoms with Crippen LogP contribution in [0.5, 0.6) is 0 Å². The molecule has 4 nitrogen and oxygen atoms in total. The highest BCUT2D eigenvalue weighted by molar-refractivity contribution is 5.69. The van der Waals surface area contributed by atoms with Crippen molar-refractivity contribution in [1.82, 2.24) is 4.90 Å². The van der Waals surface area contributed by atoms with Gasteiger partial charge in [-0.2, -0.15) is 0 Å². The average Bonchev–Trinajstić information content (AvgIpc) is 2.49. The Balaban J connectivity index is 1.78. The summed E-state index contributed by atoms with van der Waals surface area (Å²) >= 11 is 0. The van der Waals surface area contributed by atoms with Crippen molar-refractivity contribution < 1.29 is 19.0 Å². The quantitative estimate of drug-likeness (QED) is 0.849. The molecule has 0 saturated carbocycles. The molecule has 2 fully saturated rings. The molecule has 2 aliphatic heterocycles. The number of amides is 1. The third-order valence-electron chi connectivity index (χ3n) is 5.49. The van der Waals surface area contributed by atoms with Gasteiger partial charge < -0.3 is 14.7 Å². The van der Waals surface area contributed by atoms with Gasteiger partial charge in [-0.1, -0.05) is 18.2 Å². The van der Waals surface area contributed by atoms with Gasteiger partial charge in [0.05, 0.1) is 5.60 Å². The van der Waals surface area contributed by atoms with E-state index in [9.17, 15) is 14.3 Å². The van der Waals surface area contributed by atoms with Gasteiger partial charge in [-0.25, -0.2) is 9.18 Å². The lowest BCUT2D eigenvalue weighted by Crippen LogP contribution is -2.61. The zero-order valence-electron chi connectivity index (χ0n) is 16.2. The third kappa shape index (κ3) is 4.03. The van der Waals surface area contributed by atoms with Crippen molar-refractivity contribution in [2.75, 3.05) is 0 Å². The van der Waals surface area contributed by atoms with E-state index in [-0.39, 0.29) is 30.4 Å². The molecular weight excluding hydrogens is 333 g/mol. The maximum atomic E-state index is 14.4. The smallest absolute Gasteiger partial charge is 0.410 e. The lowest BCUT2D eigenvalue weighted by Gasteiger charge is -2.51. The maximum absolute atomic E-state index is 14.4. The minimum Gasteiger partial charge on any atom is -0.444 e. The summed E-state index contributed by atoms with van der Waals surface area (Å²) in [5, 5.41) is 11.2. The molecule has 1 amide bonds. The monoisotopic (exact) mass is 363 g/mol. The van der Waals surface area contributed by atoms with E-state index in [4.69, 9.17) is 4.74 Å². The highest BCUT2D eigenvalue weighted by Gasteiger charge is 2.48. The van der Waals surface area contributed by atoms with Gasteiger partial charge in [0.1, 0.15) is 11.4 Å². The van der Waals surface area contributed by atoms with Crippen LogP contribution in [0, 0.1) is 12.7 Å². The Morgan fingerprint density at radius 1 is 1.31 bits per heavy atom. The standard InChI is InChI=1S/C21H30FNO3/c1-14-7-5-8-15(18(14)22)11-21(25)12-16-9-6-10-17(13-21)23(16)19(24)26-20(2,3)4/h5,7-8,16-17,25H,6,9-13H2,1-4H3. The van der Waals surface area contributed by atoms with Crippen molar-refractivity contribution in [2.45, 2.75) is 89.5 Å². The molecule has 2 bridgehead atoms. The van der Waals surface area contributed by atoms with Crippen LogP contribution in [0.4, 0.5) is 9.18 Å². The molecule has 3 rings (SSSR count). The van der Waals surface area contributed by atoms with Gasteiger partial charge in [0.2, 0.25) is 0 Å². The van der Waals surface area contributed by atoms with Crippen molar-refractivity contribution in [3.05, 3.63) is 35.1 Å². The molecule has 0 spiro atoms. The lowest BCUT2D eigenvalue weighted by molar-refractivity contribution is -0.0922. The highest BCUT2D eigenvalue weighted by atomic mass is 19.1. The number of rotatable bonds is 2. The number of carbonyl (C=O) groups excluding carboxylic acids is 1. The Labute approximate surface area is 155 Å². The summed E-state index contributed by atoms with van der Waals surface area (Å²) in [7, 11) is 0. The molecule has 2 aliphatic rings. The second kappa shape index (κ2) is 6.84. The number of hydrogen-bond acceptors (Lipinski definition) is 3. The van der Waals surface area contributed by atoms with Gasteiger partial charge in [0.15, 0.2) is 0 Å². The number of piperidine rings is 2. The predicted octanol–water partition coefficient (Wildman–Crippen LogP) is 4.36. The van der Waals surface area contributed by atoms with E-state index in [1.54, 1.807) is 19.1 Å². The summed E-state index contributed by atoms with van der Waals surface area (Å²) in [5.74, 6) is -0.236. The zero-order valence-corrected chi connectivity index (χ0v) is 16.2. The van der Waals surface area contributed by atoms with E-state index in [1.165, 1.54) is 0 Å². The van der Waals surface area contributed by atoms with E-state index in [2.05, 4.69) is 0 Å². The summed E-state index contributed by atoms with van der Waals surface area (Å²) in [6.07, 6.45) is 3.68. The summed E-state index contributed by atoms with van der Waals surface area (Å²) in [5.41, 5.74) is -0.374. The molecule has 2 unspecified atom stereocenters. The number of nitrogens with zero attached hydrogens (tertiary/aromatic N) is 1. The fraction of sp³-hybridized carbons (Fsp3) is 0.667. The second-order valence-electron chi connectivity index (χ2n) is 8.98. The van der Waals surface area contributed by atoms with E-state index in [1.807, 2.05) is 31.7 Å². The van der Waals surface area contributed by atoms with Gasteiger partial charge in [-0.15, -0.1) is 0 Å². The van der Waals surface area contributed by atoms with Crippen LogP contribution in [0.15, 0.2) is 18.2 Å². The van der Waals surface area contributed by atoms with Crippen molar-refractivity contribution >= 4 is 6.09 Å². The minimum absolute atomic E-state index is 0.0461. The average molecular weight is 363 g/mol. The fourth-order valence-electron chi connectivity index (χ4n) is 4.48. The zero-order chi connectivity index (χ0) is 19.1. The first-order chi connectivity index (χ1) is 12.1. The SMILES string of the molecule is Cc1cccc(CC2(O)CC3CCCC(C2)N3C(=O)OC(C)(C)C)c1F. The van der Waals surface area contributed by atoms with Crippen LogP contribution >= 0.6 is 0 Å². The number of aliphatic hydroxyl groups is 1. The number of benzene rings is 1. The molecule has 0 aliphatic carbocycles.